The zero-order valence-corrected chi connectivity index (χ0v) is 15.5. The van der Waals surface area contributed by atoms with Crippen LogP contribution >= 0.6 is 27.7 Å². The monoisotopic (exact) mass is 372 g/mol. The molecule has 0 bridgehead atoms. The zero-order chi connectivity index (χ0) is 15.2. The Hall–Kier alpha value is -0.230. The number of nitrogens with zero attached hydrogens (tertiary/aromatic N) is 1. The van der Waals surface area contributed by atoms with Crippen molar-refractivity contribution >= 4 is 33.4 Å². The molecule has 1 N–H and O–H groups in total. The van der Waals surface area contributed by atoms with Crippen LogP contribution in [0.15, 0.2) is 22.7 Å². The Morgan fingerprint density at radius 2 is 2.24 bits per heavy atom. The van der Waals surface area contributed by atoms with Crippen molar-refractivity contribution in [2.75, 3.05) is 37.5 Å². The van der Waals surface area contributed by atoms with Crippen molar-refractivity contribution in [3.8, 4) is 0 Å². The van der Waals surface area contributed by atoms with Gasteiger partial charge in [0.15, 0.2) is 0 Å². The maximum atomic E-state index is 5.04. The van der Waals surface area contributed by atoms with Crippen molar-refractivity contribution < 1.29 is 4.74 Å². The minimum Gasteiger partial charge on any atom is -0.383 e. The summed E-state index contributed by atoms with van der Waals surface area (Å²) in [5.41, 5.74) is 2.61. The van der Waals surface area contributed by atoms with Gasteiger partial charge in [0.25, 0.3) is 0 Å². The van der Waals surface area contributed by atoms with Crippen LogP contribution in [0.5, 0.6) is 0 Å². The molecular formula is C16H25BrN2OS. The SMILES string of the molecule is COCCNCc1ccc(N2CCSC(C)C2C)c(Br)c1. The Labute approximate surface area is 140 Å². The van der Waals surface area contributed by atoms with Gasteiger partial charge >= 0.3 is 0 Å². The third kappa shape index (κ3) is 4.62. The number of thioether (sulfide) groups is 1. The summed E-state index contributed by atoms with van der Waals surface area (Å²) in [4.78, 5) is 2.52. The highest BCUT2D eigenvalue weighted by molar-refractivity contribution is 9.10. The Bertz CT molecular complexity index is 458. The minimum absolute atomic E-state index is 0.575. The van der Waals surface area contributed by atoms with E-state index < -0.39 is 0 Å². The fourth-order valence-corrected chi connectivity index (χ4v) is 4.33. The molecule has 0 saturated carbocycles. The van der Waals surface area contributed by atoms with Gasteiger partial charge in [-0.05, 0) is 40.5 Å². The normalized spacial score (nSPS) is 22.6. The summed E-state index contributed by atoms with van der Waals surface area (Å²) in [6.07, 6.45) is 0. The third-order valence-corrected chi connectivity index (χ3v) is 5.99. The molecule has 1 heterocycles. The van der Waals surface area contributed by atoms with Crippen LogP contribution in [0.2, 0.25) is 0 Å². The largest absolute Gasteiger partial charge is 0.383 e. The van der Waals surface area contributed by atoms with Crippen molar-refractivity contribution in [1.29, 1.82) is 0 Å². The van der Waals surface area contributed by atoms with E-state index in [0.717, 1.165) is 26.2 Å². The molecule has 1 aromatic carbocycles. The number of anilines is 1. The highest BCUT2D eigenvalue weighted by Gasteiger charge is 2.26. The van der Waals surface area contributed by atoms with Gasteiger partial charge in [-0.3, -0.25) is 0 Å². The van der Waals surface area contributed by atoms with Crippen LogP contribution < -0.4 is 10.2 Å². The van der Waals surface area contributed by atoms with Gasteiger partial charge in [0, 0.05) is 48.3 Å². The second kappa shape index (κ2) is 8.42. The first-order valence-electron chi connectivity index (χ1n) is 7.50. The molecule has 1 aromatic rings. The average molecular weight is 373 g/mol. The molecule has 1 saturated heterocycles. The first-order chi connectivity index (χ1) is 10.1. The number of benzene rings is 1. The molecule has 0 aliphatic carbocycles. The number of methoxy groups -OCH3 is 1. The van der Waals surface area contributed by atoms with Crippen LogP contribution in [0, 0.1) is 0 Å². The van der Waals surface area contributed by atoms with Crippen LogP contribution in [0.4, 0.5) is 5.69 Å². The molecule has 3 nitrogen and oxygen atoms in total. The number of hydrogen-bond acceptors (Lipinski definition) is 4. The first-order valence-corrected chi connectivity index (χ1v) is 9.34. The van der Waals surface area contributed by atoms with Crippen molar-refractivity contribution in [3.63, 3.8) is 0 Å². The second-order valence-corrected chi connectivity index (χ2v) is 7.80. The van der Waals surface area contributed by atoms with Crippen LogP contribution in [-0.4, -0.2) is 43.9 Å². The maximum absolute atomic E-state index is 5.04. The van der Waals surface area contributed by atoms with Gasteiger partial charge in [-0.1, -0.05) is 13.0 Å². The van der Waals surface area contributed by atoms with Crippen molar-refractivity contribution in [3.05, 3.63) is 28.2 Å². The predicted molar refractivity (Wildman–Crippen MR) is 96.5 cm³/mol. The first kappa shape index (κ1) is 17.1. The standard InChI is InChI=1S/C16H25BrN2OS/c1-12-13(2)21-9-7-19(12)16-5-4-14(10-15(16)17)11-18-6-8-20-3/h4-5,10,12-13,18H,6-9,11H2,1-3H3. The lowest BCUT2D eigenvalue weighted by Crippen LogP contribution is -2.44. The minimum atomic E-state index is 0.575. The molecule has 5 heteroatoms. The van der Waals surface area contributed by atoms with Gasteiger partial charge in [-0.2, -0.15) is 11.8 Å². The summed E-state index contributed by atoms with van der Waals surface area (Å²) in [6.45, 7) is 8.28. The van der Waals surface area contributed by atoms with Gasteiger partial charge in [0.05, 0.1) is 12.3 Å². The highest BCUT2D eigenvalue weighted by Crippen LogP contribution is 2.34. The summed E-state index contributed by atoms with van der Waals surface area (Å²) in [5.74, 6) is 1.21. The predicted octanol–water partition coefficient (Wildman–Crippen LogP) is 3.52. The van der Waals surface area contributed by atoms with Crippen LogP contribution in [0.25, 0.3) is 0 Å². The van der Waals surface area contributed by atoms with E-state index in [2.05, 4.69) is 70.0 Å². The molecule has 0 spiro atoms. The summed E-state index contributed by atoms with van der Waals surface area (Å²) in [7, 11) is 1.73. The number of halogens is 1. The molecule has 2 rings (SSSR count). The maximum Gasteiger partial charge on any atom is 0.0587 e. The van der Waals surface area contributed by atoms with E-state index in [4.69, 9.17) is 4.74 Å². The summed E-state index contributed by atoms with van der Waals surface area (Å²) >= 11 is 5.82. The Kier molecular flexibility index (Phi) is 6.86. The molecule has 0 radical (unpaired) electrons. The third-order valence-electron chi connectivity index (χ3n) is 4.02. The lowest BCUT2D eigenvalue weighted by Gasteiger charge is -2.39. The smallest absolute Gasteiger partial charge is 0.0587 e. The van der Waals surface area contributed by atoms with E-state index in [0.29, 0.717) is 11.3 Å². The summed E-state index contributed by atoms with van der Waals surface area (Å²) in [5, 5.41) is 4.06. The number of nitrogens with one attached hydrogen (secondary N) is 1. The van der Waals surface area contributed by atoms with Gasteiger partial charge in [-0.15, -0.1) is 0 Å². The van der Waals surface area contributed by atoms with E-state index in [9.17, 15) is 0 Å². The van der Waals surface area contributed by atoms with Crippen molar-refractivity contribution in [1.82, 2.24) is 5.32 Å². The van der Waals surface area contributed by atoms with E-state index in [-0.39, 0.29) is 0 Å². The van der Waals surface area contributed by atoms with Crippen molar-refractivity contribution in [2.45, 2.75) is 31.7 Å². The van der Waals surface area contributed by atoms with Crippen molar-refractivity contribution in [2.24, 2.45) is 0 Å². The Morgan fingerprint density at radius 1 is 1.43 bits per heavy atom. The topological polar surface area (TPSA) is 24.5 Å². The lowest BCUT2D eigenvalue weighted by molar-refractivity contribution is 0.199. The Morgan fingerprint density at radius 3 is 2.95 bits per heavy atom. The zero-order valence-electron chi connectivity index (χ0n) is 13.1. The molecule has 0 aromatic heterocycles. The summed E-state index contributed by atoms with van der Waals surface area (Å²) in [6, 6.07) is 7.27. The van der Waals surface area contributed by atoms with E-state index in [1.165, 1.54) is 21.5 Å². The number of ether oxygens (including phenoxy) is 1. The second-order valence-electron chi connectivity index (χ2n) is 5.47. The number of rotatable bonds is 6. The molecule has 1 aliphatic heterocycles. The molecule has 1 fully saturated rings. The Balaban J connectivity index is 2.01. The van der Waals surface area contributed by atoms with Crippen LogP contribution in [-0.2, 0) is 11.3 Å². The fourth-order valence-electron chi connectivity index (χ4n) is 2.57. The lowest BCUT2D eigenvalue weighted by atomic mass is 10.1. The molecule has 21 heavy (non-hydrogen) atoms. The van der Waals surface area contributed by atoms with E-state index >= 15 is 0 Å². The highest BCUT2D eigenvalue weighted by atomic mass is 79.9. The summed E-state index contributed by atoms with van der Waals surface area (Å²) < 4.78 is 6.24. The van der Waals surface area contributed by atoms with E-state index in [1.807, 2.05) is 0 Å². The molecular weight excluding hydrogens is 348 g/mol. The average Bonchev–Trinajstić information content (AvgIpc) is 2.47. The molecule has 0 amide bonds. The molecule has 118 valence electrons. The quantitative estimate of drug-likeness (QED) is 0.772. The molecule has 2 atom stereocenters. The van der Waals surface area contributed by atoms with Crippen LogP contribution in [0.1, 0.15) is 19.4 Å². The molecule has 2 unspecified atom stereocenters. The van der Waals surface area contributed by atoms with Gasteiger partial charge in [0.2, 0.25) is 0 Å². The van der Waals surface area contributed by atoms with Gasteiger partial charge in [-0.25, -0.2) is 0 Å². The van der Waals surface area contributed by atoms with Crippen LogP contribution in [0.3, 0.4) is 0 Å². The van der Waals surface area contributed by atoms with Gasteiger partial charge < -0.3 is 15.0 Å². The molecule has 1 aliphatic rings. The van der Waals surface area contributed by atoms with E-state index in [1.54, 1.807) is 7.11 Å². The van der Waals surface area contributed by atoms with Gasteiger partial charge in [0.1, 0.15) is 0 Å². The number of hydrogen-bond donors (Lipinski definition) is 1. The fraction of sp³-hybridized carbons (Fsp3) is 0.625.